The second-order valence-corrected chi connectivity index (χ2v) is 6.34. The fourth-order valence-corrected chi connectivity index (χ4v) is 2.94. The molecule has 1 aliphatic rings. The fourth-order valence-electron chi connectivity index (χ4n) is 2.72. The number of morpholine rings is 1. The Balaban J connectivity index is 1.94. The molecule has 0 aromatic heterocycles. The molecule has 2 rings (SSSR count). The molecule has 1 aliphatic heterocycles. The Morgan fingerprint density at radius 2 is 2.05 bits per heavy atom. The van der Waals surface area contributed by atoms with E-state index in [4.69, 9.17) is 16.3 Å². The van der Waals surface area contributed by atoms with Crippen molar-refractivity contribution in [2.24, 2.45) is 0 Å². The summed E-state index contributed by atoms with van der Waals surface area (Å²) in [6.07, 6.45) is 0.0815. The van der Waals surface area contributed by atoms with Gasteiger partial charge in [0, 0.05) is 30.2 Å². The first-order chi connectivity index (χ1) is 10.4. The second-order valence-electron chi connectivity index (χ2n) is 5.93. The third kappa shape index (κ3) is 4.41. The Labute approximate surface area is 135 Å². The number of benzene rings is 1. The van der Waals surface area contributed by atoms with Crippen molar-refractivity contribution >= 4 is 17.5 Å². The Bertz CT molecular complexity index is 511. The molecule has 0 bridgehead atoms. The summed E-state index contributed by atoms with van der Waals surface area (Å²) in [4.78, 5) is 15.9. The second kappa shape index (κ2) is 7.40. The Morgan fingerprint density at radius 1 is 1.41 bits per heavy atom. The van der Waals surface area contributed by atoms with Crippen molar-refractivity contribution < 1.29 is 13.9 Å². The summed E-state index contributed by atoms with van der Waals surface area (Å²) in [5.41, 5.74) is 0.420. The lowest BCUT2D eigenvalue weighted by Crippen LogP contribution is -2.50. The minimum absolute atomic E-state index is 0.0250. The van der Waals surface area contributed by atoms with Crippen LogP contribution in [0, 0.1) is 5.82 Å². The van der Waals surface area contributed by atoms with Crippen molar-refractivity contribution in [3.63, 3.8) is 0 Å². The first-order valence-corrected chi connectivity index (χ1v) is 7.79. The average molecular weight is 329 g/mol. The Kier molecular flexibility index (Phi) is 5.78. The fraction of sp³-hybridized carbons (Fsp3) is 0.562. The van der Waals surface area contributed by atoms with Gasteiger partial charge in [-0.15, -0.1) is 0 Å². The smallest absolute Gasteiger partial charge is 0.236 e. The molecule has 0 radical (unpaired) electrons. The highest BCUT2D eigenvalue weighted by Gasteiger charge is 2.26. The monoisotopic (exact) mass is 328 g/mol. The molecule has 122 valence electrons. The van der Waals surface area contributed by atoms with Gasteiger partial charge >= 0.3 is 0 Å². The normalized spacial score (nSPS) is 22.2. The van der Waals surface area contributed by atoms with E-state index in [1.54, 1.807) is 29.0 Å². The third-order valence-corrected chi connectivity index (χ3v) is 4.02. The highest BCUT2D eigenvalue weighted by molar-refractivity contribution is 6.31. The number of halogens is 2. The molecule has 1 heterocycles. The highest BCUT2D eigenvalue weighted by atomic mass is 35.5. The molecule has 1 fully saturated rings. The van der Waals surface area contributed by atoms with Crippen LogP contribution in [0.5, 0.6) is 0 Å². The molecule has 0 N–H and O–H groups in total. The lowest BCUT2D eigenvalue weighted by molar-refractivity contribution is -0.144. The number of hydrogen-bond donors (Lipinski definition) is 0. The van der Waals surface area contributed by atoms with Crippen LogP contribution >= 0.6 is 11.6 Å². The quantitative estimate of drug-likeness (QED) is 0.851. The first kappa shape index (κ1) is 17.2. The first-order valence-electron chi connectivity index (χ1n) is 7.41. The van der Waals surface area contributed by atoms with Gasteiger partial charge in [-0.3, -0.25) is 9.69 Å². The molecule has 1 aromatic rings. The molecular weight excluding hydrogens is 307 g/mol. The largest absolute Gasteiger partial charge is 0.372 e. The summed E-state index contributed by atoms with van der Waals surface area (Å²) < 4.78 is 19.4. The van der Waals surface area contributed by atoms with E-state index >= 15 is 0 Å². The number of hydrogen-bond acceptors (Lipinski definition) is 3. The molecule has 1 saturated heterocycles. The minimum atomic E-state index is -0.347. The van der Waals surface area contributed by atoms with Crippen LogP contribution < -0.4 is 0 Å². The zero-order valence-corrected chi connectivity index (χ0v) is 13.9. The van der Waals surface area contributed by atoms with Crippen molar-refractivity contribution in [3.05, 3.63) is 34.6 Å². The van der Waals surface area contributed by atoms with Crippen molar-refractivity contribution in [1.29, 1.82) is 0 Å². The highest BCUT2D eigenvalue weighted by Crippen LogP contribution is 2.20. The molecule has 0 aliphatic carbocycles. The van der Waals surface area contributed by atoms with Gasteiger partial charge in [-0.05, 0) is 33.0 Å². The molecule has 0 saturated carbocycles. The van der Waals surface area contributed by atoms with Crippen molar-refractivity contribution in [3.8, 4) is 0 Å². The number of amides is 1. The van der Waals surface area contributed by atoms with Crippen molar-refractivity contribution in [2.75, 3.05) is 26.7 Å². The molecule has 6 heteroatoms. The van der Waals surface area contributed by atoms with Crippen LogP contribution in [-0.4, -0.2) is 54.6 Å². The van der Waals surface area contributed by atoms with Gasteiger partial charge in [-0.2, -0.15) is 0 Å². The summed E-state index contributed by atoms with van der Waals surface area (Å²) >= 11 is 6.02. The summed E-state index contributed by atoms with van der Waals surface area (Å²) in [5, 5.41) is 0.382. The zero-order chi connectivity index (χ0) is 16.3. The average Bonchev–Trinajstić information content (AvgIpc) is 2.42. The lowest BCUT2D eigenvalue weighted by Gasteiger charge is -2.36. The number of carbonyl (C=O) groups excluding carboxylic acids is 1. The predicted octanol–water partition coefficient (Wildman–Crippen LogP) is 2.55. The molecule has 1 amide bonds. The SMILES string of the molecule is CC1CN(C(=O)CN(C)Cc2c(F)cccc2Cl)CC(C)O1. The maximum absolute atomic E-state index is 13.8. The van der Waals surface area contributed by atoms with E-state index in [-0.39, 0.29) is 30.5 Å². The van der Waals surface area contributed by atoms with Crippen LogP contribution in [0.25, 0.3) is 0 Å². The van der Waals surface area contributed by atoms with Crippen LogP contribution in [0.15, 0.2) is 18.2 Å². The molecular formula is C16H22ClFN2O2. The molecule has 1 aromatic carbocycles. The maximum atomic E-state index is 13.8. The molecule has 2 atom stereocenters. The zero-order valence-electron chi connectivity index (χ0n) is 13.2. The van der Waals surface area contributed by atoms with E-state index in [1.807, 2.05) is 13.8 Å². The third-order valence-electron chi connectivity index (χ3n) is 3.67. The van der Waals surface area contributed by atoms with Gasteiger partial charge in [-0.25, -0.2) is 4.39 Å². The van der Waals surface area contributed by atoms with Gasteiger partial charge in [-0.1, -0.05) is 17.7 Å². The Hall–Kier alpha value is -1.17. The van der Waals surface area contributed by atoms with Crippen LogP contribution in [0.3, 0.4) is 0 Å². The van der Waals surface area contributed by atoms with E-state index in [1.165, 1.54) is 6.07 Å². The summed E-state index contributed by atoms with van der Waals surface area (Å²) in [6, 6.07) is 4.60. The van der Waals surface area contributed by atoms with Crippen LogP contribution in [0.1, 0.15) is 19.4 Å². The van der Waals surface area contributed by atoms with Crippen molar-refractivity contribution in [1.82, 2.24) is 9.80 Å². The van der Waals surface area contributed by atoms with Gasteiger partial charge in [0.15, 0.2) is 0 Å². The molecule has 22 heavy (non-hydrogen) atoms. The number of carbonyl (C=O) groups is 1. The number of ether oxygens (including phenoxy) is 1. The topological polar surface area (TPSA) is 32.8 Å². The van der Waals surface area contributed by atoms with Crippen molar-refractivity contribution in [2.45, 2.75) is 32.6 Å². The summed E-state index contributed by atoms with van der Waals surface area (Å²) in [6.45, 7) is 5.63. The minimum Gasteiger partial charge on any atom is -0.372 e. The standard InChI is InChI=1S/C16H22ClFN2O2/c1-11-7-20(8-12(2)22-11)16(21)10-19(3)9-13-14(17)5-4-6-15(13)18/h4-6,11-12H,7-10H2,1-3H3. The number of likely N-dealkylation sites (N-methyl/N-ethyl adjacent to an activating group) is 1. The van der Waals surface area contributed by atoms with E-state index in [0.717, 1.165) is 0 Å². The number of nitrogens with zero attached hydrogens (tertiary/aromatic N) is 2. The van der Waals surface area contributed by atoms with Gasteiger partial charge < -0.3 is 9.64 Å². The van der Waals surface area contributed by atoms with E-state index in [2.05, 4.69) is 0 Å². The van der Waals surface area contributed by atoms with Crippen LogP contribution in [0.4, 0.5) is 4.39 Å². The molecule has 4 nitrogen and oxygen atoms in total. The summed E-state index contributed by atoms with van der Waals surface area (Å²) in [5.74, 6) is -0.322. The van der Waals surface area contributed by atoms with Crippen LogP contribution in [-0.2, 0) is 16.1 Å². The van der Waals surface area contributed by atoms with E-state index < -0.39 is 0 Å². The predicted molar refractivity (Wildman–Crippen MR) is 84.3 cm³/mol. The molecule has 2 unspecified atom stereocenters. The Morgan fingerprint density at radius 3 is 2.64 bits per heavy atom. The lowest BCUT2D eigenvalue weighted by atomic mass is 10.2. The summed E-state index contributed by atoms with van der Waals surface area (Å²) in [7, 11) is 1.79. The van der Waals surface area contributed by atoms with E-state index in [9.17, 15) is 9.18 Å². The van der Waals surface area contributed by atoms with Gasteiger partial charge in [0.05, 0.1) is 18.8 Å². The number of rotatable bonds is 4. The van der Waals surface area contributed by atoms with Gasteiger partial charge in [0.2, 0.25) is 5.91 Å². The van der Waals surface area contributed by atoms with Crippen LogP contribution in [0.2, 0.25) is 5.02 Å². The van der Waals surface area contributed by atoms with E-state index in [0.29, 0.717) is 30.2 Å². The van der Waals surface area contributed by atoms with Gasteiger partial charge in [0.25, 0.3) is 0 Å². The van der Waals surface area contributed by atoms with Gasteiger partial charge in [0.1, 0.15) is 5.82 Å². The maximum Gasteiger partial charge on any atom is 0.236 e. The molecule has 0 spiro atoms.